The van der Waals surface area contributed by atoms with Gasteiger partial charge < -0.3 is 14.4 Å². The van der Waals surface area contributed by atoms with Crippen molar-refractivity contribution >= 4 is 11.3 Å². The molecule has 0 unspecified atom stereocenters. The minimum Gasteiger partial charge on any atom is -0.378 e. The Balaban J connectivity index is 1.58. The van der Waals surface area contributed by atoms with Crippen LogP contribution in [0.5, 0.6) is 0 Å². The standard InChI is InChI=1S/C21H28N6O2/c1-21(2,28-3)14-26-13-16(12-23-26)19-18(15-4-5-15)24-20-17(6-7-22-27(19)20)25-8-10-29-11-9-25/h6-7,12-13,15H,4-5,8-11,14H2,1-3H3. The summed E-state index contributed by atoms with van der Waals surface area (Å²) in [6.45, 7) is 8.07. The molecule has 0 spiro atoms. The third-order valence-corrected chi connectivity index (χ3v) is 5.84. The smallest absolute Gasteiger partial charge is 0.178 e. The molecule has 3 aromatic heterocycles. The van der Waals surface area contributed by atoms with Crippen LogP contribution in [0.2, 0.25) is 0 Å². The third-order valence-electron chi connectivity index (χ3n) is 5.84. The number of hydrogen-bond donors (Lipinski definition) is 0. The average molecular weight is 396 g/mol. The number of fused-ring (bicyclic) bond motifs is 1. The lowest BCUT2D eigenvalue weighted by Gasteiger charge is -2.28. The van der Waals surface area contributed by atoms with E-state index < -0.39 is 0 Å². The first-order valence-corrected chi connectivity index (χ1v) is 10.3. The van der Waals surface area contributed by atoms with Crippen LogP contribution >= 0.6 is 0 Å². The van der Waals surface area contributed by atoms with Gasteiger partial charge in [0.2, 0.25) is 0 Å². The molecule has 0 N–H and O–H groups in total. The Labute approximate surface area is 170 Å². The van der Waals surface area contributed by atoms with Crippen molar-refractivity contribution in [1.29, 1.82) is 0 Å². The first-order chi connectivity index (χ1) is 14.1. The number of ether oxygens (including phenoxy) is 2. The van der Waals surface area contributed by atoms with Crippen molar-refractivity contribution in [2.75, 3.05) is 38.3 Å². The molecule has 29 heavy (non-hydrogen) atoms. The topological polar surface area (TPSA) is 69.7 Å². The Morgan fingerprint density at radius 3 is 2.72 bits per heavy atom. The van der Waals surface area contributed by atoms with Crippen LogP contribution < -0.4 is 4.90 Å². The molecule has 0 radical (unpaired) electrons. The first kappa shape index (κ1) is 18.6. The summed E-state index contributed by atoms with van der Waals surface area (Å²) in [6, 6.07) is 2.07. The highest BCUT2D eigenvalue weighted by Crippen LogP contribution is 2.44. The van der Waals surface area contributed by atoms with E-state index in [9.17, 15) is 0 Å². The molecule has 1 saturated carbocycles. The van der Waals surface area contributed by atoms with E-state index >= 15 is 0 Å². The molecule has 0 bridgehead atoms. The summed E-state index contributed by atoms with van der Waals surface area (Å²) < 4.78 is 15.0. The maximum atomic E-state index is 5.56. The van der Waals surface area contributed by atoms with Crippen molar-refractivity contribution in [1.82, 2.24) is 24.4 Å². The van der Waals surface area contributed by atoms with Gasteiger partial charge in [-0.15, -0.1) is 0 Å². The van der Waals surface area contributed by atoms with Gasteiger partial charge in [-0.3, -0.25) is 4.68 Å². The van der Waals surface area contributed by atoms with Crippen molar-refractivity contribution < 1.29 is 9.47 Å². The minimum atomic E-state index is -0.274. The monoisotopic (exact) mass is 396 g/mol. The fraction of sp³-hybridized carbons (Fsp3) is 0.571. The predicted octanol–water partition coefficient (Wildman–Crippen LogP) is 2.73. The lowest BCUT2D eigenvalue weighted by atomic mass is 10.1. The van der Waals surface area contributed by atoms with E-state index in [1.165, 1.54) is 12.8 Å². The highest BCUT2D eigenvalue weighted by Gasteiger charge is 2.32. The second-order valence-electron chi connectivity index (χ2n) is 8.56. The molecule has 1 aliphatic heterocycles. The number of imidazole rings is 1. The number of rotatable bonds is 6. The number of morpholine rings is 1. The van der Waals surface area contributed by atoms with Gasteiger partial charge in [0.1, 0.15) is 0 Å². The maximum Gasteiger partial charge on any atom is 0.178 e. The van der Waals surface area contributed by atoms with Crippen LogP contribution in [0.15, 0.2) is 24.7 Å². The third kappa shape index (κ3) is 3.51. The van der Waals surface area contributed by atoms with Gasteiger partial charge in [0, 0.05) is 37.9 Å². The minimum absolute atomic E-state index is 0.274. The molecular weight excluding hydrogens is 368 g/mol. The Bertz CT molecular complexity index is 1010. The fourth-order valence-electron chi connectivity index (χ4n) is 3.94. The summed E-state index contributed by atoms with van der Waals surface area (Å²) in [7, 11) is 1.73. The van der Waals surface area contributed by atoms with Crippen LogP contribution in [0.1, 0.15) is 38.3 Å². The van der Waals surface area contributed by atoms with Crippen LogP contribution in [0, 0.1) is 0 Å². The van der Waals surface area contributed by atoms with Crippen LogP contribution in [-0.4, -0.2) is 63.4 Å². The Morgan fingerprint density at radius 1 is 1.21 bits per heavy atom. The van der Waals surface area contributed by atoms with E-state index in [0.29, 0.717) is 12.5 Å². The molecule has 0 amide bonds. The van der Waals surface area contributed by atoms with E-state index in [-0.39, 0.29) is 5.60 Å². The van der Waals surface area contributed by atoms with Crippen LogP contribution in [0.3, 0.4) is 0 Å². The molecule has 8 heteroatoms. The second-order valence-corrected chi connectivity index (χ2v) is 8.56. The van der Waals surface area contributed by atoms with Crippen molar-refractivity contribution in [2.24, 2.45) is 0 Å². The normalized spacial score (nSPS) is 18.0. The SMILES string of the molecule is COC(C)(C)Cn1cc(-c2c(C3CC3)nc3c(N4CCOCC4)ccnn23)cn1. The second kappa shape index (κ2) is 7.11. The molecule has 4 heterocycles. The molecule has 3 aromatic rings. The largest absolute Gasteiger partial charge is 0.378 e. The van der Waals surface area contributed by atoms with Crippen LogP contribution in [0.25, 0.3) is 16.9 Å². The summed E-state index contributed by atoms with van der Waals surface area (Å²) in [5.74, 6) is 0.517. The van der Waals surface area contributed by atoms with Gasteiger partial charge in [-0.1, -0.05) is 0 Å². The summed E-state index contributed by atoms with van der Waals surface area (Å²) in [5.41, 5.74) is 5.05. The summed E-state index contributed by atoms with van der Waals surface area (Å²) in [5, 5.41) is 9.26. The zero-order valence-electron chi connectivity index (χ0n) is 17.3. The van der Waals surface area contributed by atoms with Gasteiger partial charge >= 0.3 is 0 Å². The highest BCUT2D eigenvalue weighted by atomic mass is 16.5. The van der Waals surface area contributed by atoms with Crippen molar-refractivity contribution in [3.63, 3.8) is 0 Å². The molecule has 5 rings (SSSR count). The molecule has 2 fully saturated rings. The fourth-order valence-corrected chi connectivity index (χ4v) is 3.94. The molecule has 8 nitrogen and oxygen atoms in total. The highest BCUT2D eigenvalue weighted by molar-refractivity contribution is 5.75. The average Bonchev–Trinajstić information content (AvgIpc) is 3.36. The molecule has 2 aliphatic rings. The van der Waals surface area contributed by atoms with Gasteiger partial charge in [-0.25, -0.2) is 9.50 Å². The van der Waals surface area contributed by atoms with Crippen molar-refractivity contribution in [2.45, 2.75) is 44.8 Å². The first-order valence-electron chi connectivity index (χ1n) is 10.3. The molecule has 0 aromatic carbocycles. The molecule has 1 saturated heterocycles. The zero-order valence-corrected chi connectivity index (χ0v) is 17.3. The van der Waals surface area contributed by atoms with Crippen LogP contribution in [-0.2, 0) is 16.0 Å². The van der Waals surface area contributed by atoms with Crippen LogP contribution in [0.4, 0.5) is 5.69 Å². The van der Waals surface area contributed by atoms with Crippen molar-refractivity contribution in [3.8, 4) is 11.3 Å². The van der Waals surface area contributed by atoms with E-state index in [1.807, 2.05) is 21.6 Å². The Kier molecular flexibility index (Phi) is 4.55. The lowest BCUT2D eigenvalue weighted by Crippen LogP contribution is -2.36. The number of methoxy groups -OCH3 is 1. The quantitative estimate of drug-likeness (QED) is 0.638. The van der Waals surface area contributed by atoms with E-state index in [1.54, 1.807) is 7.11 Å². The van der Waals surface area contributed by atoms with Crippen molar-refractivity contribution in [3.05, 3.63) is 30.4 Å². The Hall–Kier alpha value is -2.45. The molecule has 1 aliphatic carbocycles. The summed E-state index contributed by atoms with van der Waals surface area (Å²) >= 11 is 0. The predicted molar refractivity (Wildman–Crippen MR) is 110 cm³/mol. The number of anilines is 1. The van der Waals surface area contributed by atoms with Gasteiger partial charge in [0.15, 0.2) is 5.65 Å². The molecule has 154 valence electrons. The summed E-state index contributed by atoms with van der Waals surface area (Å²) in [6.07, 6.45) is 8.25. The Morgan fingerprint density at radius 2 is 2.00 bits per heavy atom. The van der Waals surface area contributed by atoms with E-state index in [4.69, 9.17) is 14.5 Å². The number of aromatic nitrogens is 5. The van der Waals surface area contributed by atoms with Gasteiger partial charge in [-0.05, 0) is 32.8 Å². The zero-order chi connectivity index (χ0) is 20.0. The van der Waals surface area contributed by atoms with E-state index in [2.05, 4.69) is 41.2 Å². The van der Waals surface area contributed by atoms with E-state index in [0.717, 1.165) is 54.6 Å². The molecular formula is C21H28N6O2. The van der Waals surface area contributed by atoms with Gasteiger partial charge in [-0.2, -0.15) is 10.2 Å². The van der Waals surface area contributed by atoms with Gasteiger partial charge in [0.05, 0.1) is 54.8 Å². The molecule has 0 atom stereocenters. The summed E-state index contributed by atoms with van der Waals surface area (Å²) in [4.78, 5) is 7.43. The van der Waals surface area contributed by atoms with Gasteiger partial charge in [0.25, 0.3) is 0 Å². The number of hydrogen-bond acceptors (Lipinski definition) is 6. The lowest BCUT2D eigenvalue weighted by molar-refractivity contribution is 0.00543. The number of nitrogens with zero attached hydrogens (tertiary/aromatic N) is 6. The maximum absolute atomic E-state index is 5.56.